The molecular weight excluding hydrogens is 196 g/mol. The van der Waals surface area contributed by atoms with Crippen molar-refractivity contribution in [2.75, 3.05) is 19.6 Å². The second-order valence-corrected chi connectivity index (χ2v) is 6.48. The summed E-state index contributed by atoms with van der Waals surface area (Å²) in [4.78, 5) is 2.66. The third kappa shape index (κ3) is 4.84. The zero-order valence-electron chi connectivity index (χ0n) is 11.8. The molecule has 0 aromatic rings. The number of hydrogen-bond donors (Lipinski definition) is 1. The maximum absolute atomic E-state index is 3.49. The summed E-state index contributed by atoms with van der Waals surface area (Å²) >= 11 is 0. The van der Waals surface area contributed by atoms with Crippen LogP contribution in [-0.4, -0.2) is 36.6 Å². The molecule has 0 aromatic carbocycles. The van der Waals surface area contributed by atoms with Gasteiger partial charge in [0.25, 0.3) is 0 Å². The minimum absolute atomic E-state index is 0.546. The predicted molar refractivity (Wildman–Crippen MR) is 71.8 cm³/mol. The lowest BCUT2D eigenvalue weighted by Crippen LogP contribution is -2.33. The second-order valence-electron chi connectivity index (χ2n) is 6.48. The van der Waals surface area contributed by atoms with E-state index in [1.54, 1.807) is 0 Å². The molecule has 0 bridgehead atoms. The number of likely N-dealkylation sites (tertiary alicyclic amines) is 1. The highest BCUT2D eigenvalue weighted by molar-refractivity contribution is 4.85. The van der Waals surface area contributed by atoms with Crippen molar-refractivity contribution < 1.29 is 0 Å². The molecule has 1 fully saturated rings. The van der Waals surface area contributed by atoms with E-state index in [2.05, 4.69) is 44.8 Å². The summed E-state index contributed by atoms with van der Waals surface area (Å²) < 4.78 is 0. The third-order valence-electron chi connectivity index (χ3n) is 3.68. The molecule has 0 amide bonds. The second kappa shape index (κ2) is 6.02. The molecule has 1 aliphatic rings. The Kier molecular flexibility index (Phi) is 5.26. The molecule has 0 radical (unpaired) electrons. The first-order valence-electron chi connectivity index (χ1n) is 6.88. The fourth-order valence-corrected chi connectivity index (χ4v) is 2.50. The maximum atomic E-state index is 3.49. The van der Waals surface area contributed by atoms with Crippen LogP contribution in [0.4, 0.5) is 0 Å². The molecule has 0 aromatic heterocycles. The van der Waals surface area contributed by atoms with Gasteiger partial charge in [-0.25, -0.2) is 0 Å². The molecule has 1 atom stereocenters. The largest absolute Gasteiger partial charge is 0.315 e. The standard InChI is InChI=1S/C14H30N2/c1-12(2)15-9-6-7-13(3)16-10-8-14(4,5)11-16/h12-13,15H,6-11H2,1-5H3. The molecule has 0 spiro atoms. The van der Waals surface area contributed by atoms with Crippen LogP contribution in [0.2, 0.25) is 0 Å². The van der Waals surface area contributed by atoms with E-state index in [9.17, 15) is 0 Å². The van der Waals surface area contributed by atoms with Gasteiger partial charge in [0.15, 0.2) is 0 Å². The quantitative estimate of drug-likeness (QED) is 0.701. The van der Waals surface area contributed by atoms with Crippen molar-refractivity contribution in [1.29, 1.82) is 0 Å². The molecular formula is C14H30N2. The van der Waals surface area contributed by atoms with Gasteiger partial charge in [-0.15, -0.1) is 0 Å². The summed E-state index contributed by atoms with van der Waals surface area (Å²) in [6, 6.07) is 1.39. The predicted octanol–water partition coefficient (Wildman–Crippen LogP) is 2.89. The molecule has 1 unspecified atom stereocenters. The van der Waals surface area contributed by atoms with E-state index in [0.29, 0.717) is 11.5 Å². The van der Waals surface area contributed by atoms with Crippen LogP contribution in [0, 0.1) is 5.41 Å². The van der Waals surface area contributed by atoms with Crippen molar-refractivity contribution in [2.45, 2.75) is 66.0 Å². The highest BCUT2D eigenvalue weighted by Crippen LogP contribution is 2.30. The van der Waals surface area contributed by atoms with Crippen LogP contribution in [0.25, 0.3) is 0 Å². The summed E-state index contributed by atoms with van der Waals surface area (Å²) in [6.45, 7) is 15.3. The minimum atomic E-state index is 0.546. The van der Waals surface area contributed by atoms with Crippen molar-refractivity contribution in [3.8, 4) is 0 Å². The molecule has 2 heteroatoms. The Morgan fingerprint density at radius 2 is 1.94 bits per heavy atom. The Bertz CT molecular complexity index is 199. The van der Waals surface area contributed by atoms with Crippen molar-refractivity contribution in [3.05, 3.63) is 0 Å². The summed E-state index contributed by atoms with van der Waals surface area (Å²) in [5.74, 6) is 0. The first-order chi connectivity index (χ1) is 7.41. The van der Waals surface area contributed by atoms with E-state index in [4.69, 9.17) is 0 Å². The highest BCUT2D eigenvalue weighted by Gasteiger charge is 2.31. The van der Waals surface area contributed by atoms with Crippen molar-refractivity contribution in [2.24, 2.45) is 5.41 Å². The lowest BCUT2D eigenvalue weighted by Gasteiger charge is -2.26. The molecule has 1 rings (SSSR count). The Morgan fingerprint density at radius 1 is 1.25 bits per heavy atom. The van der Waals surface area contributed by atoms with Crippen LogP contribution in [0.5, 0.6) is 0 Å². The minimum Gasteiger partial charge on any atom is -0.315 e. The summed E-state index contributed by atoms with van der Waals surface area (Å²) in [6.07, 6.45) is 3.99. The normalized spacial score (nSPS) is 22.9. The molecule has 2 nitrogen and oxygen atoms in total. The first kappa shape index (κ1) is 14.0. The zero-order valence-corrected chi connectivity index (χ0v) is 11.8. The van der Waals surface area contributed by atoms with Gasteiger partial charge in [-0.3, -0.25) is 0 Å². The molecule has 16 heavy (non-hydrogen) atoms. The number of nitrogens with zero attached hydrogens (tertiary/aromatic N) is 1. The zero-order chi connectivity index (χ0) is 12.2. The SMILES string of the molecule is CC(C)NCCCC(C)N1CCC(C)(C)C1. The van der Waals surface area contributed by atoms with Gasteiger partial charge in [-0.05, 0) is 44.7 Å². The smallest absolute Gasteiger partial charge is 0.00676 e. The topological polar surface area (TPSA) is 15.3 Å². The van der Waals surface area contributed by atoms with E-state index in [-0.39, 0.29) is 0 Å². The van der Waals surface area contributed by atoms with Gasteiger partial charge in [0.2, 0.25) is 0 Å². The van der Waals surface area contributed by atoms with Gasteiger partial charge in [0.05, 0.1) is 0 Å². The number of hydrogen-bond acceptors (Lipinski definition) is 2. The molecule has 96 valence electrons. The van der Waals surface area contributed by atoms with Crippen molar-refractivity contribution in [1.82, 2.24) is 10.2 Å². The van der Waals surface area contributed by atoms with Gasteiger partial charge in [0.1, 0.15) is 0 Å². The van der Waals surface area contributed by atoms with E-state index in [0.717, 1.165) is 6.04 Å². The maximum Gasteiger partial charge on any atom is 0.00676 e. The molecule has 1 aliphatic heterocycles. The Labute approximate surface area is 102 Å². The van der Waals surface area contributed by atoms with Crippen LogP contribution in [0.3, 0.4) is 0 Å². The molecule has 1 heterocycles. The lowest BCUT2D eigenvalue weighted by molar-refractivity contribution is 0.217. The van der Waals surface area contributed by atoms with E-state index < -0.39 is 0 Å². The van der Waals surface area contributed by atoms with Crippen LogP contribution in [-0.2, 0) is 0 Å². The van der Waals surface area contributed by atoms with Crippen LogP contribution < -0.4 is 5.32 Å². The fourth-order valence-electron chi connectivity index (χ4n) is 2.50. The van der Waals surface area contributed by atoms with E-state index in [1.165, 1.54) is 38.9 Å². The van der Waals surface area contributed by atoms with Gasteiger partial charge in [-0.1, -0.05) is 27.7 Å². The average molecular weight is 226 g/mol. The monoisotopic (exact) mass is 226 g/mol. The summed E-state index contributed by atoms with van der Waals surface area (Å²) in [7, 11) is 0. The van der Waals surface area contributed by atoms with E-state index >= 15 is 0 Å². The summed E-state index contributed by atoms with van der Waals surface area (Å²) in [5, 5.41) is 3.49. The van der Waals surface area contributed by atoms with Gasteiger partial charge < -0.3 is 10.2 Å². The first-order valence-corrected chi connectivity index (χ1v) is 6.88. The number of nitrogens with one attached hydrogen (secondary N) is 1. The Hall–Kier alpha value is -0.0800. The highest BCUT2D eigenvalue weighted by atomic mass is 15.2. The van der Waals surface area contributed by atoms with Gasteiger partial charge in [0, 0.05) is 18.6 Å². The molecule has 1 N–H and O–H groups in total. The van der Waals surface area contributed by atoms with Gasteiger partial charge >= 0.3 is 0 Å². The van der Waals surface area contributed by atoms with Crippen LogP contribution >= 0.6 is 0 Å². The van der Waals surface area contributed by atoms with Gasteiger partial charge in [-0.2, -0.15) is 0 Å². The summed E-state index contributed by atoms with van der Waals surface area (Å²) in [5.41, 5.74) is 0.546. The molecule has 0 aliphatic carbocycles. The molecule has 0 saturated carbocycles. The Balaban J connectivity index is 2.14. The average Bonchev–Trinajstić information content (AvgIpc) is 2.53. The van der Waals surface area contributed by atoms with Crippen molar-refractivity contribution >= 4 is 0 Å². The van der Waals surface area contributed by atoms with Crippen LogP contribution in [0.1, 0.15) is 53.9 Å². The van der Waals surface area contributed by atoms with Crippen LogP contribution in [0.15, 0.2) is 0 Å². The Morgan fingerprint density at radius 3 is 2.44 bits per heavy atom. The van der Waals surface area contributed by atoms with E-state index in [1.807, 2.05) is 0 Å². The van der Waals surface area contributed by atoms with Crippen molar-refractivity contribution in [3.63, 3.8) is 0 Å². The molecule has 1 saturated heterocycles. The lowest BCUT2D eigenvalue weighted by atomic mass is 9.93. The fraction of sp³-hybridized carbons (Fsp3) is 1.00. The third-order valence-corrected chi connectivity index (χ3v) is 3.68. The number of rotatable bonds is 6.